The Morgan fingerprint density at radius 2 is 2.12 bits per heavy atom. The van der Waals surface area contributed by atoms with Crippen molar-refractivity contribution in [1.29, 1.82) is 0 Å². The molecule has 2 N–H and O–H groups in total. The smallest absolute Gasteiger partial charge is 0.0572 e. The molecule has 0 saturated heterocycles. The van der Waals surface area contributed by atoms with Crippen LogP contribution in [0.25, 0.3) is 0 Å². The van der Waals surface area contributed by atoms with Gasteiger partial charge >= 0.3 is 0 Å². The Labute approximate surface area is 98.7 Å². The second-order valence-corrected chi connectivity index (χ2v) is 4.23. The molecule has 0 bridgehead atoms. The van der Waals surface area contributed by atoms with E-state index in [4.69, 9.17) is 5.73 Å². The van der Waals surface area contributed by atoms with E-state index in [-0.39, 0.29) is 6.04 Å². The highest BCUT2D eigenvalue weighted by atomic mass is 15.1. The standard InChI is InChI=1S/C13H23N3/c1-4-6-9-16(3)11-7-8-13(15-10-11)12(14)5-2/h7-8,10,12H,4-6,9,14H2,1-3H3. The number of hydrogen-bond donors (Lipinski definition) is 1. The van der Waals surface area contributed by atoms with Crippen LogP contribution in [0.3, 0.4) is 0 Å². The number of rotatable bonds is 6. The first-order valence-corrected chi connectivity index (χ1v) is 6.11. The maximum Gasteiger partial charge on any atom is 0.0572 e. The number of nitrogens with zero attached hydrogens (tertiary/aromatic N) is 2. The monoisotopic (exact) mass is 221 g/mol. The minimum absolute atomic E-state index is 0.0648. The Morgan fingerprint density at radius 1 is 1.38 bits per heavy atom. The minimum Gasteiger partial charge on any atom is -0.373 e. The molecule has 1 rings (SSSR count). The first-order chi connectivity index (χ1) is 7.69. The molecule has 0 amide bonds. The Hall–Kier alpha value is -1.09. The van der Waals surface area contributed by atoms with Crippen molar-refractivity contribution in [3.63, 3.8) is 0 Å². The molecular formula is C13H23N3. The third kappa shape index (κ3) is 3.49. The van der Waals surface area contributed by atoms with Crippen LogP contribution in [0.5, 0.6) is 0 Å². The highest BCUT2D eigenvalue weighted by molar-refractivity contribution is 5.43. The van der Waals surface area contributed by atoms with Crippen LogP contribution < -0.4 is 10.6 Å². The molecule has 3 nitrogen and oxygen atoms in total. The molecular weight excluding hydrogens is 198 g/mol. The van der Waals surface area contributed by atoms with E-state index in [1.54, 1.807) is 0 Å². The average molecular weight is 221 g/mol. The molecule has 0 saturated carbocycles. The predicted octanol–water partition coefficient (Wildman–Crippen LogP) is 2.73. The number of pyridine rings is 1. The van der Waals surface area contributed by atoms with Crippen molar-refractivity contribution in [2.75, 3.05) is 18.5 Å². The molecule has 0 aromatic carbocycles. The lowest BCUT2D eigenvalue weighted by molar-refractivity contribution is 0.674. The average Bonchev–Trinajstić information content (AvgIpc) is 2.35. The zero-order chi connectivity index (χ0) is 12.0. The summed E-state index contributed by atoms with van der Waals surface area (Å²) < 4.78 is 0. The minimum atomic E-state index is 0.0648. The van der Waals surface area contributed by atoms with Gasteiger partial charge in [0.05, 0.1) is 17.6 Å². The number of anilines is 1. The summed E-state index contributed by atoms with van der Waals surface area (Å²) in [5, 5.41) is 0. The van der Waals surface area contributed by atoms with E-state index < -0.39 is 0 Å². The molecule has 3 heteroatoms. The summed E-state index contributed by atoms with van der Waals surface area (Å²) in [6.45, 7) is 5.36. The quantitative estimate of drug-likeness (QED) is 0.803. The molecule has 1 unspecified atom stereocenters. The molecule has 1 aromatic rings. The summed E-state index contributed by atoms with van der Waals surface area (Å²) in [5.41, 5.74) is 8.07. The van der Waals surface area contributed by atoms with E-state index in [2.05, 4.69) is 36.8 Å². The molecule has 0 spiro atoms. The zero-order valence-electron chi connectivity index (χ0n) is 10.6. The third-order valence-corrected chi connectivity index (χ3v) is 2.88. The van der Waals surface area contributed by atoms with Crippen molar-refractivity contribution in [3.8, 4) is 0 Å². The Balaban J connectivity index is 2.63. The van der Waals surface area contributed by atoms with Crippen molar-refractivity contribution in [1.82, 2.24) is 4.98 Å². The number of nitrogens with two attached hydrogens (primary N) is 1. The van der Waals surface area contributed by atoms with Crippen molar-refractivity contribution >= 4 is 5.69 Å². The molecule has 0 aliphatic rings. The zero-order valence-corrected chi connectivity index (χ0v) is 10.6. The normalized spacial score (nSPS) is 12.5. The predicted molar refractivity (Wildman–Crippen MR) is 69.6 cm³/mol. The van der Waals surface area contributed by atoms with Crippen LogP contribution in [-0.2, 0) is 0 Å². The van der Waals surface area contributed by atoms with Crippen LogP contribution >= 0.6 is 0 Å². The molecule has 0 aliphatic heterocycles. The van der Waals surface area contributed by atoms with Crippen LogP contribution in [0, 0.1) is 0 Å². The van der Waals surface area contributed by atoms with Crippen molar-refractivity contribution in [2.24, 2.45) is 5.73 Å². The third-order valence-electron chi connectivity index (χ3n) is 2.88. The summed E-state index contributed by atoms with van der Waals surface area (Å²) in [4.78, 5) is 6.65. The fourth-order valence-electron chi connectivity index (χ4n) is 1.58. The van der Waals surface area contributed by atoms with E-state index in [1.807, 2.05) is 12.3 Å². The SMILES string of the molecule is CCCCN(C)c1ccc(C(N)CC)nc1. The maximum atomic E-state index is 5.92. The molecule has 1 aromatic heterocycles. The van der Waals surface area contributed by atoms with E-state index in [1.165, 1.54) is 18.5 Å². The largest absolute Gasteiger partial charge is 0.373 e. The first kappa shape index (κ1) is 13.0. The summed E-state index contributed by atoms with van der Waals surface area (Å²) in [7, 11) is 2.10. The van der Waals surface area contributed by atoms with Crippen LogP contribution in [0.15, 0.2) is 18.3 Å². The van der Waals surface area contributed by atoms with Gasteiger partial charge in [-0.1, -0.05) is 20.3 Å². The van der Waals surface area contributed by atoms with Crippen molar-refractivity contribution in [3.05, 3.63) is 24.0 Å². The molecule has 0 radical (unpaired) electrons. The Kier molecular flexibility index (Phi) is 5.26. The number of aromatic nitrogens is 1. The fourth-order valence-corrected chi connectivity index (χ4v) is 1.58. The molecule has 1 atom stereocenters. The molecule has 16 heavy (non-hydrogen) atoms. The van der Waals surface area contributed by atoms with Gasteiger partial charge < -0.3 is 10.6 Å². The van der Waals surface area contributed by atoms with Crippen molar-refractivity contribution < 1.29 is 0 Å². The summed E-state index contributed by atoms with van der Waals surface area (Å²) in [6.07, 6.45) is 5.28. The summed E-state index contributed by atoms with van der Waals surface area (Å²) in [5.74, 6) is 0. The van der Waals surface area contributed by atoms with Gasteiger partial charge in [0, 0.05) is 19.6 Å². The fraction of sp³-hybridized carbons (Fsp3) is 0.615. The van der Waals surface area contributed by atoms with E-state index in [0.29, 0.717) is 0 Å². The number of hydrogen-bond acceptors (Lipinski definition) is 3. The van der Waals surface area contributed by atoms with E-state index >= 15 is 0 Å². The van der Waals surface area contributed by atoms with Crippen LogP contribution in [0.2, 0.25) is 0 Å². The van der Waals surface area contributed by atoms with E-state index in [9.17, 15) is 0 Å². The van der Waals surface area contributed by atoms with Gasteiger partial charge in [-0.15, -0.1) is 0 Å². The lowest BCUT2D eigenvalue weighted by Gasteiger charge is -2.19. The molecule has 1 heterocycles. The lowest BCUT2D eigenvalue weighted by atomic mass is 10.1. The molecule has 0 fully saturated rings. The number of unbranched alkanes of at least 4 members (excludes halogenated alkanes) is 1. The second-order valence-electron chi connectivity index (χ2n) is 4.23. The molecule has 90 valence electrons. The molecule has 0 aliphatic carbocycles. The van der Waals surface area contributed by atoms with Gasteiger partial charge in [0.2, 0.25) is 0 Å². The lowest BCUT2D eigenvalue weighted by Crippen LogP contribution is -2.19. The summed E-state index contributed by atoms with van der Waals surface area (Å²) >= 11 is 0. The summed E-state index contributed by atoms with van der Waals surface area (Å²) in [6, 6.07) is 4.20. The van der Waals surface area contributed by atoms with Crippen LogP contribution in [0.1, 0.15) is 44.8 Å². The van der Waals surface area contributed by atoms with Gasteiger partial charge in [-0.2, -0.15) is 0 Å². The van der Waals surface area contributed by atoms with Gasteiger partial charge in [-0.05, 0) is 25.0 Å². The van der Waals surface area contributed by atoms with E-state index in [0.717, 1.165) is 18.7 Å². The van der Waals surface area contributed by atoms with Gasteiger partial charge in [0.25, 0.3) is 0 Å². The Bertz CT molecular complexity index is 295. The van der Waals surface area contributed by atoms with Crippen LogP contribution in [0.4, 0.5) is 5.69 Å². The topological polar surface area (TPSA) is 42.1 Å². The van der Waals surface area contributed by atoms with Gasteiger partial charge in [-0.3, -0.25) is 4.98 Å². The highest BCUT2D eigenvalue weighted by Crippen LogP contribution is 2.16. The van der Waals surface area contributed by atoms with Gasteiger partial charge in [-0.25, -0.2) is 0 Å². The highest BCUT2D eigenvalue weighted by Gasteiger charge is 2.05. The Morgan fingerprint density at radius 3 is 2.62 bits per heavy atom. The second kappa shape index (κ2) is 6.48. The van der Waals surface area contributed by atoms with Gasteiger partial charge in [0.1, 0.15) is 0 Å². The van der Waals surface area contributed by atoms with Gasteiger partial charge in [0.15, 0.2) is 0 Å². The first-order valence-electron chi connectivity index (χ1n) is 6.11. The maximum absolute atomic E-state index is 5.92. The van der Waals surface area contributed by atoms with Crippen LogP contribution in [-0.4, -0.2) is 18.6 Å². The van der Waals surface area contributed by atoms with Crippen molar-refractivity contribution in [2.45, 2.75) is 39.2 Å².